The average Bonchev–Trinajstić information content (AvgIpc) is 3.28. The van der Waals surface area contributed by atoms with Gasteiger partial charge in [0.25, 0.3) is 0 Å². The van der Waals surface area contributed by atoms with Crippen molar-refractivity contribution in [3.05, 3.63) is 0 Å². The van der Waals surface area contributed by atoms with Crippen LogP contribution in [0.15, 0.2) is 0 Å². The van der Waals surface area contributed by atoms with E-state index in [1.807, 2.05) is 0 Å². The van der Waals surface area contributed by atoms with Crippen molar-refractivity contribution < 1.29 is 81.8 Å². The van der Waals surface area contributed by atoms with Crippen LogP contribution in [-0.4, -0.2) is 148 Å². The fourth-order valence-electron chi connectivity index (χ4n) is 6.22. The summed E-state index contributed by atoms with van der Waals surface area (Å²) in [6, 6.07) is -13.8. The van der Waals surface area contributed by atoms with E-state index in [2.05, 4.69) is 37.2 Å². The Hall–Kier alpha value is -8.52. The molecule has 0 heterocycles. The molecule has 0 rings (SSSR count). The first-order valence-corrected chi connectivity index (χ1v) is 22.3. The third-order valence-corrected chi connectivity index (χ3v) is 10.2. The van der Waals surface area contributed by atoms with Crippen molar-refractivity contribution in [1.29, 1.82) is 0 Å². The van der Waals surface area contributed by atoms with Crippen LogP contribution in [0.4, 0.5) is 0 Å². The Balaban J connectivity index is 6.91. The summed E-state index contributed by atoms with van der Waals surface area (Å²) in [4.78, 5) is 200. The first-order chi connectivity index (χ1) is 33.9. The van der Waals surface area contributed by atoms with Gasteiger partial charge in [0.2, 0.25) is 88.6 Å². The van der Waals surface area contributed by atoms with E-state index in [1.54, 1.807) is 0 Å². The summed E-state index contributed by atoms with van der Waals surface area (Å²) in [5, 5.41) is 25.1. The number of hydrogen-bond donors (Lipinski definition) is 17. The second-order valence-corrected chi connectivity index (χ2v) is 16.4. The van der Waals surface area contributed by atoms with E-state index in [1.165, 1.54) is 0 Å². The van der Waals surface area contributed by atoms with E-state index in [0.717, 1.165) is 0 Å². The molecule has 15 amide bonds. The highest BCUT2D eigenvalue weighted by atomic mass is 16.4. The summed E-state index contributed by atoms with van der Waals surface area (Å²) in [6.07, 6.45) is -8.44. The molecule has 0 aromatic heterocycles. The van der Waals surface area contributed by atoms with Crippen LogP contribution in [0.2, 0.25) is 0 Å². The minimum atomic E-state index is -1.86. The minimum absolute atomic E-state index is 0.249. The summed E-state index contributed by atoms with van der Waals surface area (Å²) in [5.41, 5.74) is 47.6. The molecular formula is C40H66N16O17. The standard InChI is InChI=1S/C40H66N16O17/c41-17(1-9-25(42)57)33(65)50-18(2-10-26(43)58)34(66)51-19(3-11-27(44)59)35(67)52-20(4-12-28(45)60)36(68)53-21(5-13-29(46)61)37(69)54-22(6-14-30(47)62)38(70)55-23(7-15-31(48)63)39(71)56-24(40(72)73)8-16-32(49)64/h17-24H,1-16,41H2,(H2,42,57)(H2,43,58)(H2,44,59)(H2,45,60)(H2,46,61)(H2,47,62)(H2,48,63)(H2,49,64)(H,50,65)(H,51,66)(H,52,67)(H,53,68)(H,54,69)(H,55,70)(H,56,71)(H,72,73)/t17-,18-,19-,20-,21-,22-,23-,24-/m0/s1/i17+1,33+1. The maximum absolute atomic E-state index is 13.9. The molecule has 8 atom stereocenters. The third kappa shape index (κ3) is 28.7. The lowest BCUT2D eigenvalue weighted by Gasteiger charge is -2.28. The number of carboxylic acids is 1. The van der Waals surface area contributed by atoms with E-state index in [4.69, 9.17) is 51.6 Å². The molecule has 33 nitrogen and oxygen atoms in total. The molecule has 0 aliphatic carbocycles. The molecule has 0 aliphatic heterocycles. The molecule has 0 aromatic rings. The molecule has 0 spiro atoms. The molecule has 26 N–H and O–H groups in total. The number of carbonyl (C=O) groups excluding carboxylic acids is 15. The quantitative estimate of drug-likeness (QED) is 0.0254. The molecule has 0 saturated heterocycles. The second kappa shape index (κ2) is 33.1. The topological polar surface area (TPSA) is 612 Å². The summed E-state index contributed by atoms with van der Waals surface area (Å²) < 4.78 is 0. The van der Waals surface area contributed by atoms with Gasteiger partial charge in [-0.3, -0.25) is 71.9 Å². The summed E-state index contributed by atoms with van der Waals surface area (Å²) >= 11 is 0. The van der Waals surface area contributed by atoms with Gasteiger partial charge >= 0.3 is 5.97 Å². The number of carbonyl (C=O) groups is 16. The molecule has 0 aromatic carbocycles. The van der Waals surface area contributed by atoms with E-state index in [0.29, 0.717) is 0 Å². The molecule has 408 valence electrons. The summed E-state index contributed by atoms with van der Waals surface area (Å²) in [6.45, 7) is 0. The van der Waals surface area contributed by atoms with Gasteiger partial charge in [0.15, 0.2) is 0 Å². The number of aliphatic carboxylic acids is 1. The van der Waals surface area contributed by atoms with Crippen molar-refractivity contribution in [3.8, 4) is 0 Å². The smallest absolute Gasteiger partial charge is 0.326 e. The van der Waals surface area contributed by atoms with Gasteiger partial charge in [-0.2, -0.15) is 0 Å². The Labute approximate surface area is 415 Å². The molecule has 0 saturated carbocycles. The van der Waals surface area contributed by atoms with Crippen LogP contribution in [0.3, 0.4) is 0 Å². The van der Waals surface area contributed by atoms with Crippen LogP contribution in [0.1, 0.15) is 103 Å². The second-order valence-electron chi connectivity index (χ2n) is 16.4. The summed E-state index contributed by atoms with van der Waals surface area (Å²) in [7, 11) is 0. The van der Waals surface area contributed by atoms with Crippen LogP contribution in [0.25, 0.3) is 0 Å². The molecule has 33 heteroatoms. The maximum atomic E-state index is 13.9. The van der Waals surface area contributed by atoms with Crippen molar-refractivity contribution in [3.63, 3.8) is 0 Å². The Morgan fingerprint density at radius 1 is 0.260 bits per heavy atom. The van der Waals surface area contributed by atoms with E-state index in [9.17, 15) is 81.8 Å². The zero-order valence-corrected chi connectivity index (χ0v) is 39.6. The molecule has 0 radical (unpaired) electrons. The third-order valence-electron chi connectivity index (χ3n) is 10.2. The Bertz CT molecular complexity index is 2090. The van der Waals surface area contributed by atoms with E-state index >= 15 is 0 Å². The molecule has 0 fully saturated rings. The monoisotopic (exact) mass is 1040 g/mol. The fraction of sp³-hybridized carbons (Fsp3) is 0.600. The number of primary amides is 8. The predicted molar refractivity (Wildman–Crippen MR) is 247 cm³/mol. The van der Waals surface area contributed by atoms with Gasteiger partial charge < -0.3 is 93.9 Å². The van der Waals surface area contributed by atoms with Gasteiger partial charge in [-0.15, -0.1) is 0 Å². The lowest BCUT2D eigenvalue weighted by Crippen LogP contribution is -2.60. The van der Waals surface area contributed by atoms with Crippen LogP contribution in [0, 0.1) is 0 Å². The van der Waals surface area contributed by atoms with Gasteiger partial charge in [0.1, 0.15) is 42.3 Å². The fourth-order valence-corrected chi connectivity index (χ4v) is 6.22. The highest BCUT2D eigenvalue weighted by molar-refractivity contribution is 5.98. The Morgan fingerprint density at radius 2 is 0.411 bits per heavy atom. The highest BCUT2D eigenvalue weighted by Crippen LogP contribution is 2.10. The lowest BCUT2D eigenvalue weighted by atomic mass is 10.0. The van der Waals surface area contributed by atoms with Gasteiger partial charge in [0.05, 0.1) is 6.04 Å². The minimum Gasteiger partial charge on any atom is -0.480 e. The van der Waals surface area contributed by atoms with Crippen LogP contribution in [-0.2, 0) is 76.7 Å². The Morgan fingerprint density at radius 3 is 0.589 bits per heavy atom. The average molecular weight is 1050 g/mol. The molecule has 0 unspecified atom stereocenters. The van der Waals surface area contributed by atoms with Gasteiger partial charge in [-0.1, -0.05) is 0 Å². The number of amides is 15. The molecule has 0 aliphatic rings. The van der Waals surface area contributed by atoms with Crippen LogP contribution < -0.4 is 88.8 Å². The van der Waals surface area contributed by atoms with E-state index in [-0.39, 0.29) is 12.8 Å². The normalized spacial score (nSPS) is 14.0. The predicted octanol–water partition coefficient (Wildman–Crippen LogP) is -10.1. The van der Waals surface area contributed by atoms with Crippen molar-refractivity contribution in [2.75, 3.05) is 0 Å². The summed E-state index contributed by atoms with van der Waals surface area (Å²) in [5.74, 6) is -17.6. The SMILES string of the molecule is NC(=O)CC[C@H](NC(=O)[C@H](CCC(N)=O)NC(=O)[C@H](CCC(N)=O)NC(=O)[C@H](CCC(N)=O)NC(=O)[C@H](CCC(N)=O)NC(=O)[C@H](CCC(N)=O)NC(=O)[C@H](CCC(N)=O)N[13C](=O)[13C@@H](N)CCC(N)=O)C(=O)O. The number of nitrogens with two attached hydrogens (primary N) is 9. The van der Waals surface area contributed by atoms with Crippen molar-refractivity contribution >= 4 is 94.6 Å². The highest BCUT2D eigenvalue weighted by Gasteiger charge is 2.35. The van der Waals surface area contributed by atoms with Gasteiger partial charge in [0, 0.05) is 51.4 Å². The number of nitrogens with one attached hydrogen (secondary N) is 7. The molecular weight excluding hydrogens is 979 g/mol. The number of hydrogen-bond acceptors (Lipinski definition) is 17. The van der Waals surface area contributed by atoms with Crippen molar-refractivity contribution in [1.82, 2.24) is 37.2 Å². The number of carboxylic acid groups (broad SMARTS) is 1. The zero-order valence-electron chi connectivity index (χ0n) is 39.6. The largest absolute Gasteiger partial charge is 0.480 e. The number of rotatable bonds is 39. The first-order valence-electron chi connectivity index (χ1n) is 22.3. The van der Waals surface area contributed by atoms with E-state index < -0.39 is 233 Å². The van der Waals surface area contributed by atoms with Crippen molar-refractivity contribution in [2.45, 2.75) is 151 Å². The first kappa shape index (κ1) is 64.5. The van der Waals surface area contributed by atoms with Crippen molar-refractivity contribution in [2.24, 2.45) is 51.6 Å². The molecule has 73 heavy (non-hydrogen) atoms. The zero-order chi connectivity index (χ0) is 56.1. The van der Waals surface area contributed by atoms with Gasteiger partial charge in [-0.25, -0.2) is 4.79 Å². The maximum Gasteiger partial charge on any atom is 0.326 e. The lowest BCUT2D eigenvalue weighted by molar-refractivity contribution is -0.143. The van der Waals surface area contributed by atoms with Gasteiger partial charge in [-0.05, 0) is 51.4 Å². The molecule has 0 bridgehead atoms. The van der Waals surface area contributed by atoms with Crippen LogP contribution >= 0.6 is 0 Å². The van der Waals surface area contributed by atoms with Crippen LogP contribution in [0.5, 0.6) is 0 Å². The Kier molecular flexibility index (Phi) is 29.3.